The lowest BCUT2D eigenvalue weighted by molar-refractivity contribution is -0.137. The molecule has 0 saturated carbocycles. The van der Waals surface area contributed by atoms with Crippen molar-refractivity contribution in [1.82, 2.24) is 5.43 Å². The van der Waals surface area contributed by atoms with Gasteiger partial charge in [-0.1, -0.05) is 18.2 Å². The quantitative estimate of drug-likeness (QED) is 0.671. The van der Waals surface area contributed by atoms with Crippen LogP contribution in [0.1, 0.15) is 18.1 Å². The molecule has 0 aromatic heterocycles. The Labute approximate surface area is 101 Å². The highest BCUT2D eigenvalue weighted by atomic mass is 19.4. The summed E-state index contributed by atoms with van der Waals surface area (Å²) in [6.07, 6.45) is -4.37. The van der Waals surface area contributed by atoms with Crippen molar-refractivity contribution in [2.45, 2.75) is 13.1 Å². The maximum Gasteiger partial charge on any atom is 0.427 e. The van der Waals surface area contributed by atoms with E-state index in [1.54, 1.807) is 6.92 Å². The summed E-state index contributed by atoms with van der Waals surface area (Å²) in [5, 5.41) is 3.38. The lowest BCUT2D eigenvalue weighted by atomic mass is 10.1. The summed E-state index contributed by atoms with van der Waals surface area (Å²) in [6, 6.07) is 4.91. The Morgan fingerprint density at radius 3 is 2.72 bits per heavy atom. The Bertz CT molecular complexity index is 444. The molecule has 0 aliphatic carbocycles. The predicted octanol–water partition coefficient (Wildman–Crippen LogP) is 2.79. The van der Waals surface area contributed by atoms with Gasteiger partial charge in [0, 0.05) is 5.56 Å². The van der Waals surface area contributed by atoms with Crippen molar-refractivity contribution in [2.75, 3.05) is 6.61 Å². The number of amides is 1. The van der Waals surface area contributed by atoms with Crippen LogP contribution >= 0.6 is 0 Å². The minimum atomic E-state index is -4.47. The number of alkyl halides is 3. The van der Waals surface area contributed by atoms with Crippen LogP contribution in [0.5, 0.6) is 0 Å². The van der Waals surface area contributed by atoms with E-state index in [0.717, 1.165) is 12.3 Å². The topological polar surface area (TPSA) is 50.7 Å². The molecule has 4 nitrogen and oxygen atoms in total. The molecule has 0 spiro atoms. The first-order valence-corrected chi connectivity index (χ1v) is 5.07. The Balaban J connectivity index is 2.79. The van der Waals surface area contributed by atoms with Crippen LogP contribution in [-0.2, 0) is 10.9 Å². The number of hydrogen-bond acceptors (Lipinski definition) is 3. The number of benzene rings is 1. The zero-order chi connectivity index (χ0) is 13.6. The van der Waals surface area contributed by atoms with E-state index in [1.165, 1.54) is 18.2 Å². The van der Waals surface area contributed by atoms with Gasteiger partial charge < -0.3 is 4.74 Å². The second kappa shape index (κ2) is 6.04. The molecule has 0 aliphatic rings. The first-order chi connectivity index (χ1) is 8.45. The molecule has 1 rings (SSSR count). The molecule has 0 heterocycles. The average molecular weight is 260 g/mol. The number of hydrazone groups is 1. The zero-order valence-electron chi connectivity index (χ0n) is 9.49. The Morgan fingerprint density at radius 2 is 2.11 bits per heavy atom. The van der Waals surface area contributed by atoms with E-state index < -0.39 is 17.8 Å². The van der Waals surface area contributed by atoms with E-state index in [9.17, 15) is 18.0 Å². The molecule has 1 amide bonds. The number of rotatable bonds is 3. The maximum atomic E-state index is 12.6. The second-order valence-corrected chi connectivity index (χ2v) is 3.18. The molecule has 98 valence electrons. The van der Waals surface area contributed by atoms with Gasteiger partial charge in [-0.3, -0.25) is 0 Å². The van der Waals surface area contributed by atoms with Crippen molar-refractivity contribution in [3.8, 4) is 0 Å². The van der Waals surface area contributed by atoms with E-state index in [1.807, 2.05) is 5.43 Å². The van der Waals surface area contributed by atoms with E-state index >= 15 is 0 Å². The highest BCUT2D eigenvalue weighted by Gasteiger charge is 2.32. The number of ether oxygens (including phenoxy) is 1. The fourth-order valence-electron chi connectivity index (χ4n) is 1.19. The number of carbonyl (C=O) groups is 1. The standard InChI is InChI=1S/C11H11F3N2O2/c1-2-18-10(17)16-15-7-8-5-3-4-6-9(8)11(12,13)14/h3-7H,2H2,1H3,(H,16,17). The van der Waals surface area contributed by atoms with Gasteiger partial charge in [-0.15, -0.1) is 0 Å². The average Bonchev–Trinajstić information content (AvgIpc) is 2.28. The molecule has 0 aliphatic heterocycles. The van der Waals surface area contributed by atoms with E-state index in [4.69, 9.17) is 0 Å². The van der Waals surface area contributed by atoms with Gasteiger partial charge in [0.2, 0.25) is 0 Å². The van der Waals surface area contributed by atoms with Crippen LogP contribution < -0.4 is 5.43 Å². The normalized spacial score (nSPS) is 11.6. The Hall–Kier alpha value is -2.05. The lowest BCUT2D eigenvalue weighted by Crippen LogP contribution is -2.19. The van der Waals surface area contributed by atoms with Crippen LogP contribution in [-0.4, -0.2) is 18.9 Å². The summed E-state index contributed by atoms with van der Waals surface area (Å²) in [4.78, 5) is 10.8. The molecule has 1 N–H and O–H groups in total. The van der Waals surface area contributed by atoms with Crippen molar-refractivity contribution in [1.29, 1.82) is 0 Å². The van der Waals surface area contributed by atoms with E-state index in [2.05, 4.69) is 9.84 Å². The predicted molar refractivity (Wildman–Crippen MR) is 59.2 cm³/mol. The molecular weight excluding hydrogens is 249 g/mol. The highest BCUT2D eigenvalue weighted by Crippen LogP contribution is 2.30. The third kappa shape index (κ3) is 4.08. The summed E-state index contributed by atoms with van der Waals surface area (Å²) >= 11 is 0. The summed E-state index contributed by atoms with van der Waals surface area (Å²) < 4.78 is 42.2. The molecular formula is C11H11F3N2O2. The maximum absolute atomic E-state index is 12.6. The van der Waals surface area contributed by atoms with E-state index in [-0.39, 0.29) is 12.2 Å². The van der Waals surface area contributed by atoms with Gasteiger partial charge >= 0.3 is 12.3 Å². The van der Waals surface area contributed by atoms with Gasteiger partial charge in [-0.2, -0.15) is 18.3 Å². The number of carbonyl (C=O) groups excluding carboxylic acids is 1. The van der Waals surface area contributed by atoms with Gasteiger partial charge in [-0.25, -0.2) is 10.2 Å². The van der Waals surface area contributed by atoms with Crippen molar-refractivity contribution >= 4 is 12.3 Å². The third-order valence-electron chi connectivity index (χ3n) is 1.90. The second-order valence-electron chi connectivity index (χ2n) is 3.18. The largest absolute Gasteiger partial charge is 0.449 e. The summed E-state index contributed by atoms with van der Waals surface area (Å²) in [7, 11) is 0. The fraction of sp³-hybridized carbons (Fsp3) is 0.273. The highest BCUT2D eigenvalue weighted by molar-refractivity contribution is 5.83. The molecule has 0 fully saturated rings. The first kappa shape index (κ1) is 14.0. The molecule has 0 bridgehead atoms. The summed E-state index contributed by atoms with van der Waals surface area (Å²) in [5.41, 5.74) is 0.994. The summed E-state index contributed by atoms with van der Waals surface area (Å²) in [6.45, 7) is 1.75. The van der Waals surface area contributed by atoms with Crippen molar-refractivity contribution < 1.29 is 22.7 Å². The third-order valence-corrected chi connectivity index (χ3v) is 1.90. The zero-order valence-corrected chi connectivity index (χ0v) is 9.49. The van der Waals surface area contributed by atoms with Gasteiger partial charge in [0.1, 0.15) is 0 Å². The minimum absolute atomic E-state index is 0.137. The van der Waals surface area contributed by atoms with Crippen LogP contribution in [0.2, 0.25) is 0 Å². The van der Waals surface area contributed by atoms with Crippen LogP contribution in [0.15, 0.2) is 29.4 Å². The summed E-state index contributed by atoms with van der Waals surface area (Å²) in [5.74, 6) is 0. The van der Waals surface area contributed by atoms with Crippen LogP contribution in [0.25, 0.3) is 0 Å². The molecule has 0 radical (unpaired) electrons. The molecule has 0 saturated heterocycles. The molecule has 1 aromatic carbocycles. The number of hydrogen-bond donors (Lipinski definition) is 1. The number of nitrogens with one attached hydrogen (secondary N) is 1. The molecule has 1 aromatic rings. The number of halogens is 3. The lowest BCUT2D eigenvalue weighted by Gasteiger charge is -2.09. The van der Waals surface area contributed by atoms with Crippen LogP contribution in [0.4, 0.5) is 18.0 Å². The monoisotopic (exact) mass is 260 g/mol. The van der Waals surface area contributed by atoms with Gasteiger partial charge in [0.25, 0.3) is 0 Å². The molecule has 0 unspecified atom stereocenters. The van der Waals surface area contributed by atoms with Gasteiger partial charge in [0.05, 0.1) is 18.4 Å². The van der Waals surface area contributed by atoms with Crippen molar-refractivity contribution in [3.05, 3.63) is 35.4 Å². The van der Waals surface area contributed by atoms with Crippen LogP contribution in [0.3, 0.4) is 0 Å². The van der Waals surface area contributed by atoms with Gasteiger partial charge in [0.15, 0.2) is 0 Å². The molecule has 0 atom stereocenters. The van der Waals surface area contributed by atoms with E-state index in [0.29, 0.717) is 0 Å². The minimum Gasteiger partial charge on any atom is -0.449 e. The van der Waals surface area contributed by atoms with Crippen LogP contribution in [0, 0.1) is 0 Å². The molecule has 18 heavy (non-hydrogen) atoms. The van der Waals surface area contributed by atoms with Gasteiger partial charge in [-0.05, 0) is 13.0 Å². The smallest absolute Gasteiger partial charge is 0.427 e. The fourth-order valence-corrected chi connectivity index (χ4v) is 1.19. The Kier molecular flexibility index (Phi) is 4.70. The first-order valence-electron chi connectivity index (χ1n) is 5.07. The van der Waals surface area contributed by atoms with Crippen molar-refractivity contribution in [2.24, 2.45) is 5.10 Å². The SMILES string of the molecule is CCOC(=O)NN=Cc1ccccc1C(F)(F)F. The Morgan fingerprint density at radius 1 is 1.44 bits per heavy atom. The van der Waals surface area contributed by atoms with Crippen molar-refractivity contribution in [3.63, 3.8) is 0 Å². The molecule has 7 heteroatoms. The number of nitrogens with zero attached hydrogens (tertiary/aromatic N) is 1.